The smallest absolute Gasteiger partial charge is 0.158 e. The monoisotopic (exact) mass is 227 g/mol. The van der Waals surface area contributed by atoms with E-state index in [2.05, 4.69) is 25.8 Å². The maximum Gasteiger partial charge on any atom is 0.158 e. The summed E-state index contributed by atoms with van der Waals surface area (Å²) in [6, 6.07) is 0. The molecule has 0 saturated carbocycles. The first-order valence-electron chi connectivity index (χ1n) is 6.36. The van der Waals surface area contributed by atoms with Crippen molar-refractivity contribution in [2.24, 2.45) is 11.8 Å². The van der Waals surface area contributed by atoms with Crippen molar-refractivity contribution in [3.63, 3.8) is 0 Å². The van der Waals surface area contributed by atoms with E-state index in [1.54, 1.807) is 0 Å². The largest absolute Gasteiger partial charge is 0.373 e. The highest BCUT2D eigenvalue weighted by Gasteiger charge is 2.19. The van der Waals surface area contributed by atoms with Crippen LogP contribution in [-0.2, 0) is 9.53 Å². The van der Waals surface area contributed by atoms with E-state index in [1.165, 1.54) is 0 Å². The zero-order chi connectivity index (χ0) is 12.0. The highest BCUT2D eigenvalue weighted by molar-refractivity contribution is 5.79. The lowest BCUT2D eigenvalue weighted by molar-refractivity contribution is -0.125. The minimum Gasteiger partial charge on any atom is -0.373 e. The van der Waals surface area contributed by atoms with Gasteiger partial charge in [0.05, 0.1) is 0 Å². The fraction of sp³-hybridized carbons (Fsp3) is 0.923. The molecule has 1 fully saturated rings. The van der Waals surface area contributed by atoms with Crippen LogP contribution in [0.1, 0.15) is 33.1 Å². The number of Topliss-reactive ketones (excluding diaryl/α,β-unsaturated/α-hetero) is 1. The predicted octanol–water partition coefficient (Wildman–Crippen LogP) is 1.96. The zero-order valence-electron chi connectivity index (χ0n) is 10.9. The molecule has 0 bridgehead atoms. The minimum absolute atomic E-state index is 0.273. The summed E-state index contributed by atoms with van der Waals surface area (Å²) in [5.74, 6) is 1.37. The molecular formula is C13H25NO2. The Morgan fingerprint density at radius 3 is 2.56 bits per heavy atom. The summed E-state index contributed by atoms with van der Waals surface area (Å²) in [5, 5.41) is 0. The second-order valence-corrected chi connectivity index (χ2v) is 5.40. The first kappa shape index (κ1) is 13.7. The quantitative estimate of drug-likeness (QED) is 0.694. The Labute approximate surface area is 99.1 Å². The van der Waals surface area contributed by atoms with E-state index in [-0.39, 0.29) is 5.78 Å². The van der Waals surface area contributed by atoms with E-state index in [0.717, 1.165) is 25.9 Å². The molecule has 0 aromatic rings. The maximum atomic E-state index is 11.6. The van der Waals surface area contributed by atoms with Crippen molar-refractivity contribution in [3.8, 4) is 0 Å². The van der Waals surface area contributed by atoms with E-state index >= 15 is 0 Å². The van der Waals surface area contributed by atoms with Gasteiger partial charge in [-0.3, -0.25) is 4.79 Å². The highest BCUT2D eigenvalue weighted by atomic mass is 16.5. The first-order valence-corrected chi connectivity index (χ1v) is 6.36. The first-order chi connectivity index (χ1) is 7.58. The van der Waals surface area contributed by atoms with E-state index in [9.17, 15) is 4.79 Å². The van der Waals surface area contributed by atoms with Gasteiger partial charge in [0.25, 0.3) is 0 Å². The summed E-state index contributed by atoms with van der Waals surface area (Å²) in [6.07, 6.45) is 3.03. The van der Waals surface area contributed by atoms with E-state index in [0.29, 0.717) is 31.5 Å². The summed E-state index contributed by atoms with van der Waals surface area (Å²) in [6.45, 7) is 7.46. The summed E-state index contributed by atoms with van der Waals surface area (Å²) in [7, 11) is 2.14. The molecule has 0 unspecified atom stereocenters. The molecule has 0 spiro atoms. The second kappa shape index (κ2) is 7.02. The molecule has 1 saturated heterocycles. The van der Waals surface area contributed by atoms with Crippen molar-refractivity contribution in [1.82, 2.24) is 4.90 Å². The standard InChI is InChI=1S/C13H25NO2/c1-11(2)9-16-10-13(15)8-12-4-6-14(3)7-5-12/h11-12H,4-10H2,1-3H3. The van der Waals surface area contributed by atoms with Crippen LogP contribution in [0, 0.1) is 11.8 Å². The van der Waals surface area contributed by atoms with Gasteiger partial charge in [-0.05, 0) is 44.8 Å². The number of likely N-dealkylation sites (tertiary alicyclic amines) is 1. The van der Waals surface area contributed by atoms with Crippen molar-refractivity contribution in [2.45, 2.75) is 33.1 Å². The SMILES string of the molecule is CC(C)COCC(=O)CC1CCN(C)CC1. The molecule has 0 aromatic carbocycles. The number of carbonyl (C=O) groups excluding carboxylic acids is 1. The third kappa shape index (κ3) is 5.61. The average molecular weight is 227 g/mol. The zero-order valence-corrected chi connectivity index (χ0v) is 10.9. The Morgan fingerprint density at radius 2 is 2.00 bits per heavy atom. The molecule has 3 nitrogen and oxygen atoms in total. The van der Waals surface area contributed by atoms with Crippen LogP contribution in [0.2, 0.25) is 0 Å². The lowest BCUT2D eigenvalue weighted by Gasteiger charge is -2.28. The normalized spacial score (nSPS) is 19.2. The van der Waals surface area contributed by atoms with Gasteiger partial charge < -0.3 is 9.64 Å². The number of ketones is 1. The van der Waals surface area contributed by atoms with Crippen LogP contribution < -0.4 is 0 Å². The third-order valence-electron chi connectivity index (χ3n) is 3.07. The molecular weight excluding hydrogens is 202 g/mol. The summed E-state index contributed by atoms with van der Waals surface area (Å²) in [5.41, 5.74) is 0. The second-order valence-electron chi connectivity index (χ2n) is 5.40. The van der Waals surface area contributed by atoms with Gasteiger partial charge in [0.15, 0.2) is 5.78 Å². The van der Waals surface area contributed by atoms with Gasteiger partial charge in [-0.2, -0.15) is 0 Å². The van der Waals surface area contributed by atoms with Gasteiger partial charge >= 0.3 is 0 Å². The Hall–Kier alpha value is -0.410. The van der Waals surface area contributed by atoms with Crippen LogP contribution in [0.25, 0.3) is 0 Å². The number of rotatable bonds is 6. The van der Waals surface area contributed by atoms with Crippen molar-refractivity contribution in [1.29, 1.82) is 0 Å². The summed E-state index contributed by atoms with van der Waals surface area (Å²) >= 11 is 0. The van der Waals surface area contributed by atoms with Gasteiger partial charge in [0.1, 0.15) is 6.61 Å². The average Bonchev–Trinajstić information content (AvgIpc) is 2.21. The van der Waals surface area contributed by atoms with Crippen LogP contribution >= 0.6 is 0 Å². The van der Waals surface area contributed by atoms with E-state index in [4.69, 9.17) is 4.74 Å². The Morgan fingerprint density at radius 1 is 1.38 bits per heavy atom. The van der Waals surface area contributed by atoms with Crippen molar-refractivity contribution in [2.75, 3.05) is 33.4 Å². The number of hydrogen-bond acceptors (Lipinski definition) is 3. The molecule has 3 heteroatoms. The number of carbonyl (C=O) groups is 1. The molecule has 0 amide bonds. The Kier molecular flexibility index (Phi) is 5.99. The number of piperidine rings is 1. The molecule has 1 aliphatic rings. The molecule has 0 atom stereocenters. The van der Waals surface area contributed by atoms with Crippen LogP contribution in [0.5, 0.6) is 0 Å². The molecule has 94 valence electrons. The molecule has 0 aromatic heterocycles. The number of ether oxygens (including phenoxy) is 1. The minimum atomic E-state index is 0.273. The van der Waals surface area contributed by atoms with Crippen LogP contribution in [0.3, 0.4) is 0 Å². The molecule has 16 heavy (non-hydrogen) atoms. The van der Waals surface area contributed by atoms with Gasteiger partial charge in [-0.1, -0.05) is 13.8 Å². The Balaban J connectivity index is 2.09. The van der Waals surface area contributed by atoms with Gasteiger partial charge in [0, 0.05) is 13.0 Å². The lowest BCUT2D eigenvalue weighted by atomic mass is 9.92. The predicted molar refractivity (Wildman–Crippen MR) is 65.5 cm³/mol. The van der Waals surface area contributed by atoms with Crippen LogP contribution in [0.15, 0.2) is 0 Å². The topological polar surface area (TPSA) is 29.5 Å². The lowest BCUT2D eigenvalue weighted by Crippen LogP contribution is -2.31. The molecule has 0 aliphatic carbocycles. The molecule has 1 heterocycles. The summed E-state index contributed by atoms with van der Waals surface area (Å²) < 4.78 is 5.36. The third-order valence-corrected chi connectivity index (χ3v) is 3.07. The fourth-order valence-corrected chi connectivity index (χ4v) is 2.06. The van der Waals surface area contributed by atoms with Crippen molar-refractivity contribution < 1.29 is 9.53 Å². The molecule has 0 radical (unpaired) electrons. The van der Waals surface area contributed by atoms with E-state index in [1.807, 2.05) is 0 Å². The maximum absolute atomic E-state index is 11.6. The highest BCUT2D eigenvalue weighted by Crippen LogP contribution is 2.19. The number of nitrogens with zero attached hydrogens (tertiary/aromatic N) is 1. The van der Waals surface area contributed by atoms with Crippen molar-refractivity contribution >= 4 is 5.78 Å². The Bertz CT molecular complexity index is 208. The number of hydrogen-bond donors (Lipinski definition) is 0. The summed E-state index contributed by atoms with van der Waals surface area (Å²) in [4.78, 5) is 14.0. The van der Waals surface area contributed by atoms with Gasteiger partial charge in [0.2, 0.25) is 0 Å². The van der Waals surface area contributed by atoms with E-state index < -0.39 is 0 Å². The van der Waals surface area contributed by atoms with Gasteiger partial charge in [-0.25, -0.2) is 0 Å². The molecule has 1 aliphatic heterocycles. The van der Waals surface area contributed by atoms with Crippen LogP contribution in [0.4, 0.5) is 0 Å². The molecule has 1 rings (SSSR count). The van der Waals surface area contributed by atoms with Crippen molar-refractivity contribution in [3.05, 3.63) is 0 Å². The van der Waals surface area contributed by atoms with Crippen LogP contribution in [-0.4, -0.2) is 44.0 Å². The fourth-order valence-electron chi connectivity index (χ4n) is 2.06. The van der Waals surface area contributed by atoms with Gasteiger partial charge in [-0.15, -0.1) is 0 Å². The molecule has 0 N–H and O–H groups in total.